The summed E-state index contributed by atoms with van der Waals surface area (Å²) in [5.41, 5.74) is -1.11. The smallest absolute Gasteiger partial charge is 0.418 e. The van der Waals surface area contributed by atoms with Crippen LogP contribution in [0.3, 0.4) is 0 Å². The summed E-state index contributed by atoms with van der Waals surface area (Å²) in [5.74, 6) is 0.313. The molecule has 0 saturated carbocycles. The van der Waals surface area contributed by atoms with Gasteiger partial charge in [0.05, 0.1) is 23.9 Å². The molecule has 0 bridgehead atoms. The number of hydrogen-bond acceptors (Lipinski definition) is 2. The third-order valence-corrected chi connectivity index (χ3v) is 3.34. The molecule has 114 valence electrons. The van der Waals surface area contributed by atoms with Gasteiger partial charge >= 0.3 is 11.9 Å². The lowest BCUT2D eigenvalue weighted by Crippen LogP contribution is -2.19. The van der Waals surface area contributed by atoms with Crippen LogP contribution in [0.1, 0.15) is 5.56 Å². The second-order valence-electron chi connectivity index (χ2n) is 4.64. The molecule has 0 radical (unpaired) electrons. The van der Waals surface area contributed by atoms with Crippen molar-refractivity contribution in [3.63, 3.8) is 0 Å². The lowest BCUT2D eigenvalue weighted by molar-refractivity contribution is -0.137. The number of fused-ring (bicyclic) bond motifs is 1. The van der Waals surface area contributed by atoms with E-state index in [0.717, 1.165) is 10.6 Å². The number of benzene rings is 2. The van der Waals surface area contributed by atoms with Gasteiger partial charge in [-0.05, 0) is 24.3 Å². The molecule has 0 amide bonds. The van der Waals surface area contributed by atoms with Crippen LogP contribution in [0.5, 0.6) is 5.75 Å². The van der Waals surface area contributed by atoms with Crippen LogP contribution in [-0.2, 0) is 6.18 Å². The van der Waals surface area contributed by atoms with Crippen LogP contribution < -0.4 is 10.4 Å². The molecule has 1 N–H and O–H groups in total. The molecule has 2 aromatic carbocycles. The van der Waals surface area contributed by atoms with Crippen molar-refractivity contribution in [2.45, 2.75) is 6.18 Å². The van der Waals surface area contributed by atoms with Crippen molar-refractivity contribution in [2.75, 3.05) is 7.11 Å². The molecule has 0 aliphatic rings. The normalized spacial score (nSPS) is 11.8. The maximum atomic E-state index is 13.2. The largest absolute Gasteiger partial charge is 0.494 e. The van der Waals surface area contributed by atoms with E-state index in [2.05, 4.69) is 4.98 Å². The maximum absolute atomic E-state index is 13.2. The van der Waals surface area contributed by atoms with Crippen molar-refractivity contribution in [3.05, 3.63) is 58.5 Å². The third-order valence-electron chi connectivity index (χ3n) is 3.34. The number of nitrogens with one attached hydrogen (secondary N) is 1. The summed E-state index contributed by atoms with van der Waals surface area (Å²) in [5, 5.41) is 0. The van der Waals surface area contributed by atoms with Gasteiger partial charge in [0.2, 0.25) is 0 Å². The van der Waals surface area contributed by atoms with Gasteiger partial charge in [0, 0.05) is 0 Å². The number of imidazole rings is 1. The van der Waals surface area contributed by atoms with Crippen molar-refractivity contribution < 1.29 is 17.9 Å². The standard InChI is InChI=1S/C15H11F3N2O2/c1-22-12-8-4-6-10-13(12)20(14(21)19-10)11-7-3-2-5-9(11)15(16,17)18/h2-8H,1H3,(H,19,21). The molecule has 0 spiro atoms. The van der Waals surface area contributed by atoms with Crippen molar-refractivity contribution in [2.24, 2.45) is 0 Å². The fourth-order valence-corrected chi connectivity index (χ4v) is 2.43. The summed E-state index contributed by atoms with van der Waals surface area (Å²) in [6.45, 7) is 0. The van der Waals surface area contributed by atoms with Gasteiger partial charge < -0.3 is 9.72 Å². The zero-order valence-electron chi connectivity index (χ0n) is 11.4. The van der Waals surface area contributed by atoms with Crippen molar-refractivity contribution in [1.29, 1.82) is 0 Å². The number of para-hydroxylation sites is 2. The molecule has 0 fully saturated rings. The molecule has 22 heavy (non-hydrogen) atoms. The van der Waals surface area contributed by atoms with Crippen LogP contribution >= 0.6 is 0 Å². The van der Waals surface area contributed by atoms with Crippen LogP contribution in [0.25, 0.3) is 16.7 Å². The van der Waals surface area contributed by atoms with E-state index >= 15 is 0 Å². The average Bonchev–Trinajstić information content (AvgIpc) is 2.82. The van der Waals surface area contributed by atoms with Crippen LogP contribution in [0, 0.1) is 0 Å². The molecule has 7 heteroatoms. The summed E-state index contributed by atoms with van der Waals surface area (Å²) in [6, 6.07) is 9.76. The number of aromatic amines is 1. The third kappa shape index (κ3) is 2.14. The Kier molecular flexibility index (Phi) is 3.20. The summed E-state index contributed by atoms with van der Waals surface area (Å²) in [7, 11) is 1.40. The molecule has 0 saturated heterocycles. The highest BCUT2D eigenvalue weighted by Crippen LogP contribution is 2.35. The van der Waals surface area contributed by atoms with Gasteiger partial charge in [0.25, 0.3) is 0 Å². The van der Waals surface area contributed by atoms with E-state index in [-0.39, 0.29) is 11.2 Å². The van der Waals surface area contributed by atoms with Crippen molar-refractivity contribution >= 4 is 11.0 Å². The SMILES string of the molecule is COc1cccc2[nH]c(=O)n(-c3ccccc3C(F)(F)F)c12. The molecule has 0 aliphatic carbocycles. The summed E-state index contributed by atoms with van der Waals surface area (Å²) in [6.07, 6.45) is -4.57. The molecule has 3 aromatic rings. The van der Waals surface area contributed by atoms with Crippen LogP contribution in [-0.4, -0.2) is 16.7 Å². The Bertz CT molecular complexity index is 894. The number of hydrogen-bond donors (Lipinski definition) is 1. The van der Waals surface area contributed by atoms with Crippen molar-refractivity contribution in [3.8, 4) is 11.4 Å². The van der Waals surface area contributed by atoms with Gasteiger partial charge in [0.1, 0.15) is 11.3 Å². The van der Waals surface area contributed by atoms with Gasteiger partial charge in [-0.1, -0.05) is 18.2 Å². The quantitative estimate of drug-likeness (QED) is 0.789. The van der Waals surface area contributed by atoms with E-state index < -0.39 is 17.4 Å². The number of ether oxygens (including phenoxy) is 1. The number of aromatic nitrogens is 2. The Balaban J connectivity index is 2.42. The summed E-state index contributed by atoms with van der Waals surface area (Å²) >= 11 is 0. The molecule has 0 unspecified atom stereocenters. The Hall–Kier alpha value is -2.70. The molecule has 1 aromatic heterocycles. The first-order chi connectivity index (χ1) is 10.4. The minimum absolute atomic E-state index is 0.240. The number of nitrogens with zero attached hydrogens (tertiary/aromatic N) is 1. The second kappa shape index (κ2) is 4.94. The van der Waals surface area contributed by atoms with Gasteiger partial charge in [-0.2, -0.15) is 13.2 Å². The Labute approximate surface area is 122 Å². The molecule has 0 atom stereocenters. The predicted octanol–water partition coefficient (Wildman–Crippen LogP) is 3.35. The number of halogens is 3. The monoisotopic (exact) mass is 308 g/mol. The molecular formula is C15H11F3N2O2. The molecule has 4 nitrogen and oxygen atoms in total. The molecule has 0 aliphatic heterocycles. The molecule has 1 heterocycles. The summed E-state index contributed by atoms with van der Waals surface area (Å²) < 4.78 is 45.7. The number of methoxy groups -OCH3 is 1. The minimum Gasteiger partial charge on any atom is -0.494 e. The second-order valence-corrected chi connectivity index (χ2v) is 4.64. The van der Waals surface area contributed by atoms with Gasteiger partial charge in [-0.15, -0.1) is 0 Å². The van der Waals surface area contributed by atoms with Crippen LogP contribution in [0.2, 0.25) is 0 Å². The van der Waals surface area contributed by atoms with Gasteiger partial charge in [-0.3, -0.25) is 4.57 Å². The minimum atomic E-state index is -4.57. The zero-order chi connectivity index (χ0) is 15.9. The lowest BCUT2D eigenvalue weighted by Gasteiger charge is -2.14. The van der Waals surface area contributed by atoms with E-state index in [9.17, 15) is 18.0 Å². The topological polar surface area (TPSA) is 47.0 Å². The first-order valence-corrected chi connectivity index (χ1v) is 6.38. The summed E-state index contributed by atoms with van der Waals surface area (Å²) in [4.78, 5) is 14.7. The average molecular weight is 308 g/mol. The Morgan fingerprint density at radius 2 is 1.82 bits per heavy atom. The predicted molar refractivity (Wildman–Crippen MR) is 75.4 cm³/mol. The number of rotatable bonds is 2. The fourth-order valence-electron chi connectivity index (χ4n) is 2.43. The lowest BCUT2D eigenvalue weighted by atomic mass is 10.1. The van der Waals surface area contributed by atoms with E-state index in [0.29, 0.717) is 11.3 Å². The first-order valence-electron chi connectivity index (χ1n) is 6.38. The van der Waals surface area contributed by atoms with Gasteiger partial charge in [-0.25, -0.2) is 4.79 Å². The van der Waals surface area contributed by atoms with Crippen LogP contribution in [0.15, 0.2) is 47.3 Å². The van der Waals surface area contributed by atoms with E-state index in [1.54, 1.807) is 18.2 Å². The van der Waals surface area contributed by atoms with Crippen LogP contribution in [0.4, 0.5) is 13.2 Å². The van der Waals surface area contributed by atoms with E-state index in [1.807, 2.05) is 0 Å². The highest BCUT2D eigenvalue weighted by Gasteiger charge is 2.34. The van der Waals surface area contributed by atoms with Gasteiger partial charge in [0.15, 0.2) is 0 Å². The number of H-pyrrole nitrogens is 1. The van der Waals surface area contributed by atoms with E-state index in [4.69, 9.17) is 4.74 Å². The Morgan fingerprint density at radius 3 is 2.50 bits per heavy atom. The highest BCUT2D eigenvalue weighted by atomic mass is 19.4. The molecule has 3 rings (SSSR count). The maximum Gasteiger partial charge on any atom is 0.418 e. The Morgan fingerprint density at radius 1 is 1.09 bits per heavy atom. The first kappa shape index (κ1) is 14.2. The van der Waals surface area contributed by atoms with Crippen molar-refractivity contribution in [1.82, 2.24) is 9.55 Å². The fraction of sp³-hybridized carbons (Fsp3) is 0.133. The number of alkyl halides is 3. The highest BCUT2D eigenvalue weighted by molar-refractivity contribution is 5.84. The van der Waals surface area contributed by atoms with E-state index in [1.165, 1.54) is 25.3 Å². The zero-order valence-corrected chi connectivity index (χ0v) is 11.4. The molecular weight excluding hydrogens is 297 g/mol.